The van der Waals surface area contributed by atoms with Crippen LogP contribution in [0.2, 0.25) is 0 Å². The topological polar surface area (TPSA) is 85.5 Å². The molecule has 1 heterocycles. The lowest BCUT2D eigenvalue weighted by molar-refractivity contribution is -0.0282. The van der Waals surface area contributed by atoms with Gasteiger partial charge in [-0.25, -0.2) is 13.2 Å². The number of aromatic amines is 1. The third-order valence-electron chi connectivity index (χ3n) is 2.01. The van der Waals surface area contributed by atoms with Gasteiger partial charge < -0.3 is 14.5 Å². The summed E-state index contributed by atoms with van der Waals surface area (Å²) < 4.78 is 32.3. The van der Waals surface area contributed by atoms with Gasteiger partial charge in [0.05, 0.1) is 12.2 Å². The number of rotatable bonds is 5. The van der Waals surface area contributed by atoms with Crippen molar-refractivity contribution in [2.75, 3.05) is 13.2 Å². The third kappa shape index (κ3) is 5.63. The van der Waals surface area contributed by atoms with Crippen LogP contribution >= 0.6 is 10.7 Å². The molecule has 6 nitrogen and oxygen atoms in total. The van der Waals surface area contributed by atoms with Gasteiger partial charge in [-0.2, -0.15) is 0 Å². The normalized spacial score (nSPS) is 12.4. The number of ether oxygens (including phenoxy) is 2. The van der Waals surface area contributed by atoms with Crippen LogP contribution in [0.3, 0.4) is 0 Å². The summed E-state index contributed by atoms with van der Waals surface area (Å²) in [6, 6.07) is 1.12. The number of carbonyl (C=O) groups is 1. The zero-order valence-corrected chi connectivity index (χ0v) is 12.5. The van der Waals surface area contributed by atoms with E-state index in [1.807, 2.05) is 20.8 Å². The first-order valence-corrected chi connectivity index (χ1v) is 7.85. The van der Waals surface area contributed by atoms with Gasteiger partial charge in [0.15, 0.2) is 0 Å². The number of carbonyl (C=O) groups excluding carboxylic acids is 1. The molecule has 0 fully saturated rings. The molecule has 108 valence electrons. The van der Waals surface area contributed by atoms with Gasteiger partial charge in [0.2, 0.25) is 0 Å². The van der Waals surface area contributed by atoms with E-state index in [-0.39, 0.29) is 29.4 Å². The summed E-state index contributed by atoms with van der Waals surface area (Å²) in [7, 11) is 1.28. The lowest BCUT2D eigenvalue weighted by Gasteiger charge is -2.19. The molecule has 0 spiro atoms. The molecule has 0 radical (unpaired) electrons. The summed E-state index contributed by atoms with van der Waals surface area (Å²) in [6.07, 6.45) is 1.13. The van der Waals surface area contributed by atoms with E-state index in [2.05, 4.69) is 4.98 Å². The molecule has 0 atom stereocenters. The molecule has 1 aromatic heterocycles. The van der Waals surface area contributed by atoms with Crippen molar-refractivity contribution in [2.45, 2.75) is 31.3 Å². The second-order valence-corrected chi connectivity index (χ2v) is 7.35. The quantitative estimate of drug-likeness (QED) is 0.510. The Bertz CT molecular complexity index is 544. The molecular weight excluding hydrogens is 294 g/mol. The third-order valence-corrected chi connectivity index (χ3v) is 3.34. The van der Waals surface area contributed by atoms with Gasteiger partial charge in [0.25, 0.3) is 9.05 Å². The highest BCUT2D eigenvalue weighted by Crippen LogP contribution is 2.16. The van der Waals surface area contributed by atoms with Gasteiger partial charge >= 0.3 is 5.97 Å². The first-order chi connectivity index (χ1) is 8.59. The molecule has 1 N–H and O–H groups in total. The summed E-state index contributed by atoms with van der Waals surface area (Å²) in [5.41, 5.74) is -0.284. The maximum atomic E-state index is 11.6. The van der Waals surface area contributed by atoms with Gasteiger partial charge in [0.1, 0.15) is 17.2 Å². The van der Waals surface area contributed by atoms with Crippen molar-refractivity contribution >= 4 is 25.7 Å². The van der Waals surface area contributed by atoms with Crippen molar-refractivity contribution < 1.29 is 22.7 Å². The van der Waals surface area contributed by atoms with E-state index in [4.69, 9.17) is 20.2 Å². The van der Waals surface area contributed by atoms with E-state index in [9.17, 15) is 13.2 Å². The maximum Gasteiger partial charge on any atom is 0.354 e. The molecule has 1 rings (SSSR count). The Balaban J connectivity index is 2.49. The molecule has 8 heteroatoms. The van der Waals surface area contributed by atoms with E-state index in [0.717, 1.165) is 12.3 Å². The Hall–Kier alpha value is -1.05. The molecular formula is C11H16ClNO5S. The van der Waals surface area contributed by atoms with Crippen LogP contribution in [0, 0.1) is 0 Å². The SMILES string of the molecule is CC(C)(C)OCCOC(=O)c1cc(S(=O)(=O)Cl)c[nH]1. The summed E-state index contributed by atoms with van der Waals surface area (Å²) in [5.74, 6) is -0.663. The second kappa shape index (κ2) is 5.94. The van der Waals surface area contributed by atoms with E-state index in [1.165, 1.54) is 0 Å². The Labute approximate surface area is 116 Å². The van der Waals surface area contributed by atoms with Crippen LogP contribution in [-0.4, -0.2) is 38.2 Å². The number of esters is 1. The fourth-order valence-electron chi connectivity index (χ4n) is 1.19. The van der Waals surface area contributed by atoms with Crippen LogP contribution in [0.1, 0.15) is 31.3 Å². The van der Waals surface area contributed by atoms with Crippen LogP contribution in [-0.2, 0) is 18.5 Å². The molecule has 0 saturated heterocycles. The number of halogens is 1. The van der Waals surface area contributed by atoms with Crippen molar-refractivity contribution in [3.05, 3.63) is 18.0 Å². The number of hydrogen-bond donors (Lipinski definition) is 1. The van der Waals surface area contributed by atoms with Crippen molar-refractivity contribution in [1.82, 2.24) is 4.98 Å². The molecule has 0 bridgehead atoms. The van der Waals surface area contributed by atoms with E-state index < -0.39 is 15.0 Å². The van der Waals surface area contributed by atoms with Gasteiger partial charge in [-0.15, -0.1) is 0 Å². The lowest BCUT2D eigenvalue weighted by atomic mass is 10.2. The Morgan fingerprint density at radius 1 is 1.37 bits per heavy atom. The van der Waals surface area contributed by atoms with Crippen molar-refractivity contribution in [2.24, 2.45) is 0 Å². The van der Waals surface area contributed by atoms with Gasteiger partial charge in [-0.05, 0) is 26.8 Å². The average Bonchev–Trinajstić information content (AvgIpc) is 2.71. The van der Waals surface area contributed by atoms with Crippen molar-refractivity contribution in [1.29, 1.82) is 0 Å². The highest BCUT2D eigenvalue weighted by Gasteiger charge is 2.17. The van der Waals surface area contributed by atoms with Crippen molar-refractivity contribution in [3.8, 4) is 0 Å². The molecule has 1 aromatic rings. The minimum Gasteiger partial charge on any atom is -0.459 e. The molecule has 0 aliphatic carbocycles. The smallest absolute Gasteiger partial charge is 0.354 e. The number of aromatic nitrogens is 1. The van der Waals surface area contributed by atoms with Gasteiger partial charge in [-0.1, -0.05) is 0 Å². The van der Waals surface area contributed by atoms with E-state index >= 15 is 0 Å². The number of H-pyrrole nitrogens is 1. The first kappa shape index (κ1) is 16.0. The van der Waals surface area contributed by atoms with E-state index in [1.54, 1.807) is 0 Å². The summed E-state index contributed by atoms with van der Waals surface area (Å²) in [4.78, 5) is 13.9. The molecule has 0 aliphatic heterocycles. The minimum absolute atomic E-state index is 0.0231. The predicted molar refractivity (Wildman–Crippen MR) is 69.8 cm³/mol. The van der Waals surface area contributed by atoms with Crippen LogP contribution in [0.4, 0.5) is 0 Å². The van der Waals surface area contributed by atoms with Crippen LogP contribution in [0.25, 0.3) is 0 Å². The molecule has 0 aromatic carbocycles. The summed E-state index contributed by atoms with van der Waals surface area (Å²) >= 11 is 0. The monoisotopic (exact) mass is 309 g/mol. The van der Waals surface area contributed by atoms with Crippen molar-refractivity contribution in [3.63, 3.8) is 0 Å². The maximum absolute atomic E-state index is 11.6. The standard InChI is InChI=1S/C11H16ClNO5S/c1-11(2,3)18-5-4-17-10(14)9-6-8(7-13-9)19(12,15)16/h6-7,13H,4-5H2,1-3H3. The fourth-order valence-corrected chi connectivity index (χ4v) is 1.92. The number of hydrogen-bond acceptors (Lipinski definition) is 5. The molecule has 0 aliphatic rings. The molecule has 0 unspecified atom stereocenters. The Morgan fingerprint density at radius 3 is 2.47 bits per heavy atom. The molecule has 0 saturated carbocycles. The Morgan fingerprint density at radius 2 is 2.00 bits per heavy atom. The van der Waals surface area contributed by atoms with Crippen LogP contribution < -0.4 is 0 Å². The van der Waals surface area contributed by atoms with Crippen LogP contribution in [0.15, 0.2) is 17.2 Å². The Kier molecular flexibility index (Phi) is 5.00. The summed E-state index contributed by atoms with van der Waals surface area (Å²) in [6.45, 7) is 6.00. The van der Waals surface area contributed by atoms with Gasteiger partial charge in [-0.3, -0.25) is 0 Å². The number of nitrogens with one attached hydrogen (secondary N) is 1. The largest absolute Gasteiger partial charge is 0.459 e. The second-order valence-electron chi connectivity index (χ2n) is 4.78. The predicted octanol–water partition coefficient (Wildman–Crippen LogP) is 1.91. The summed E-state index contributed by atoms with van der Waals surface area (Å²) in [5, 5.41) is 0. The minimum atomic E-state index is -3.85. The highest BCUT2D eigenvalue weighted by atomic mass is 35.7. The van der Waals surface area contributed by atoms with E-state index in [0.29, 0.717) is 0 Å². The van der Waals surface area contributed by atoms with Crippen LogP contribution in [0.5, 0.6) is 0 Å². The lowest BCUT2D eigenvalue weighted by Crippen LogP contribution is -2.22. The molecule has 0 amide bonds. The average molecular weight is 310 g/mol. The first-order valence-electron chi connectivity index (χ1n) is 5.54. The fraction of sp³-hybridized carbons (Fsp3) is 0.545. The molecule has 19 heavy (non-hydrogen) atoms. The van der Waals surface area contributed by atoms with Gasteiger partial charge in [0, 0.05) is 16.9 Å². The highest BCUT2D eigenvalue weighted by molar-refractivity contribution is 8.13. The zero-order chi connectivity index (χ0) is 14.7. The zero-order valence-electron chi connectivity index (χ0n) is 10.9.